The first-order chi connectivity index (χ1) is 22.9. The smallest absolute Gasteiger partial charge is 0.328 e. The van der Waals surface area contributed by atoms with Crippen LogP contribution in [0.1, 0.15) is 52.2 Å². The van der Waals surface area contributed by atoms with E-state index in [4.69, 9.17) is 14.2 Å². The molecule has 1 aliphatic rings. The molecule has 47 heavy (non-hydrogen) atoms. The lowest BCUT2D eigenvalue weighted by atomic mass is 9.99. The Hall–Kier alpha value is -4.54. The number of carbonyl (C=O) groups is 2. The van der Waals surface area contributed by atoms with Crippen LogP contribution in [-0.2, 0) is 45.1 Å². The highest BCUT2D eigenvalue weighted by Crippen LogP contribution is 2.38. The third-order valence-corrected chi connectivity index (χ3v) is 8.20. The number of esters is 1. The number of carbonyl (C=O) groups excluding carboxylic acids is 2. The van der Waals surface area contributed by atoms with Crippen molar-refractivity contribution in [2.75, 3.05) is 20.7 Å². The quantitative estimate of drug-likeness (QED) is 0.168. The van der Waals surface area contributed by atoms with Crippen LogP contribution in [0.15, 0.2) is 109 Å². The zero-order valence-corrected chi connectivity index (χ0v) is 26.9. The van der Waals surface area contributed by atoms with Crippen molar-refractivity contribution in [1.82, 2.24) is 15.5 Å². The Labute approximate surface area is 276 Å². The Bertz CT molecular complexity index is 1550. The van der Waals surface area contributed by atoms with Crippen molar-refractivity contribution in [3.8, 4) is 0 Å². The molecule has 1 saturated heterocycles. The molecule has 246 valence electrons. The molecular weight excluding hydrogens is 594 g/mol. The Balaban J connectivity index is 1.21. The van der Waals surface area contributed by atoms with Gasteiger partial charge in [-0.05, 0) is 34.9 Å². The van der Waals surface area contributed by atoms with Crippen molar-refractivity contribution in [1.29, 1.82) is 0 Å². The van der Waals surface area contributed by atoms with Gasteiger partial charge in [0.15, 0.2) is 6.29 Å². The van der Waals surface area contributed by atoms with Gasteiger partial charge in [0, 0.05) is 38.0 Å². The van der Waals surface area contributed by atoms with E-state index in [-0.39, 0.29) is 25.4 Å². The van der Waals surface area contributed by atoms with Gasteiger partial charge in [-0.3, -0.25) is 4.90 Å². The standard InChI is InChI=1S/C38H43N3O6/c1-41(24-29-11-7-4-8-12-29)25-33-22-35(31-17-15-30(26-42)16-18-31)47-37(46-33)32-19-13-28(14-20-32)23-39-38(44)40-34(36(43)45-2)21-27-9-5-3-6-10-27/h3-20,33-35,37,42H,21-26H2,1-2H3,(H2,39,40,44)/t33-,34-,35+,37+/m0/s1. The fourth-order valence-corrected chi connectivity index (χ4v) is 5.71. The molecular formula is C38H43N3O6. The second-order valence-corrected chi connectivity index (χ2v) is 11.9. The van der Waals surface area contributed by atoms with E-state index in [1.807, 2.05) is 97.1 Å². The first kappa shape index (κ1) is 33.8. The number of hydrogen-bond donors (Lipinski definition) is 3. The first-order valence-electron chi connectivity index (χ1n) is 15.9. The number of nitrogens with zero attached hydrogens (tertiary/aromatic N) is 1. The molecule has 0 radical (unpaired) electrons. The zero-order valence-electron chi connectivity index (χ0n) is 26.9. The van der Waals surface area contributed by atoms with Crippen LogP contribution in [0.5, 0.6) is 0 Å². The van der Waals surface area contributed by atoms with Gasteiger partial charge < -0.3 is 30.0 Å². The van der Waals surface area contributed by atoms with Crippen molar-refractivity contribution in [3.05, 3.63) is 143 Å². The van der Waals surface area contributed by atoms with Crippen LogP contribution >= 0.6 is 0 Å². The number of likely N-dealkylation sites (N-methyl/N-ethyl adjacent to an activating group) is 1. The predicted octanol–water partition coefficient (Wildman–Crippen LogP) is 5.44. The Morgan fingerprint density at radius 2 is 1.45 bits per heavy atom. The normalized spacial score (nSPS) is 18.3. The predicted molar refractivity (Wildman–Crippen MR) is 179 cm³/mol. The zero-order chi connectivity index (χ0) is 33.0. The number of nitrogens with one attached hydrogen (secondary N) is 2. The second kappa shape index (κ2) is 16.9. The number of rotatable bonds is 13. The molecule has 0 bridgehead atoms. The molecule has 2 amide bonds. The van der Waals surface area contributed by atoms with Gasteiger partial charge in [0.25, 0.3) is 0 Å². The fraction of sp³-hybridized carbons (Fsp3) is 0.316. The average Bonchev–Trinajstić information content (AvgIpc) is 3.11. The van der Waals surface area contributed by atoms with E-state index in [1.54, 1.807) is 0 Å². The van der Waals surface area contributed by atoms with Crippen LogP contribution in [0.2, 0.25) is 0 Å². The van der Waals surface area contributed by atoms with Gasteiger partial charge in [-0.15, -0.1) is 0 Å². The molecule has 4 aromatic rings. The molecule has 0 spiro atoms. The minimum Gasteiger partial charge on any atom is -0.467 e. The van der Waals surface area contributed by atoms with Gasteiger partial charge in [-0.1, -0.05) is 109 Å². The summed E-state index contributed by atoms with van der Waals surface area (Å²) in [6.45, 7) is 1.80. The maximum absolute atomic E-state index is 12.7. The SMILES string of the molecule is COC(=O)[C@H](Cc1ccccc1)NC(=O)NCc1ccc([C@@H]2O[C@H](CN(C)Cc3ccccc3)C[C@H](c3ccc(CO)cc3)O2)cc1. The maximum atomic E-state index is 12.7. The summed E-state index contributed by atoms with van der Waals surface area (Å²) < 4.78 is 17.9. The molecule has 4 atom stereocenters. The van der Waals surface area contributed by atoms with Crippen LogP contribution in [0, 0.1) is 0 Å². The number of benzene rings is 4. The topological polar surface area (TPSA) is 109 Å². The van der Waals surface area contributed by atoms with E-state index in [9.17, 15) is 14.7 Å². The third-order valence-electron chi connectivity index (χ3n) is 8.20. The van der Waals surface area contributed by atoms with Gasteiger partial charge in [0.2, 0.25) is 0 Å². The van der Waals surface area contributed by atoms with Gasteiger partial charge in [-0.25, -0.2) is 9.59 Å². The van der Waals surface area contributed by atoms with Crippen LogP contribution < -0.4 is 10.6 Å². The summed E-state index contributed by atoms with van der Waals surface area (Å²) in [5, 5.41) is 15.1. The van der Waals surface area contributed by atoms with Crippen LogP contribution in [-0.4, -0.2) is 54.9 Å². The molecule has 0 aliphatic carbocycles. The van der Waals surface area contributed by atoms with Crippen LogP contribution in [0.4, 0.5) is 4.79 Å². The number of methoxy groups -OCH3 is 1. The first-order valence-corrected chi connectivity index (χ1v) is 15.9. The number of aliphatic hydroxyl groups excluding tert-OH is 1. The number of ether oxygens (including phenoxy) is 3. The number of aliphatic hydroxyl groups is 1. The molecule has 0 aromatic heterocycles. The summed E-state index contributed by atoms with van der Waals surface area (Å²) in [4.78, 5) is 27.3. The molecule has 0 unspecified atom stereocenters. The third kappa shape index (κ3) is 9.97. The van der Waals surface area contributed by atoms with Crippen LogP contribution in [0.3, 0.4) is 0 Å². The highest BCUT2D eigenvalue weighted by Gasteiger charge is 2.33. The molecule has 9 heteroatoms. The molecule has 1 aliphatic heterocycles. The van der Waals surface area contributed by atoms with Crippen molar-refractivity contribution < 1.29 is 28.9 Å². The molecule has 9 nitrogen and oxygen atoms in total. The summed E-state index contributed by atoms with van der Waals surface area (Å²) in [5.41, 5.74) is 5.80. The molecule has 1 heterocycles. The molecule has 3 N–H and O–H groups in total. The summed E-state index contributed by atoms with van der Waals surface area (Å²) in [6.07, 6.45) is 0.189. The van der Waals surface area contributed by atoms with Gasteiger partial charge >= 0.3 is 12.0 Å². The Morgan fingerprint density at radius 3 is 2.09 bits per heavy atom. The Morgan fingerprint density at radius 1 is 0.830 bits per heavy atom. The lowest BCUT2D eigenvalue weighted by Gasteiger charge is -2.38. The fourth-order valence-electron chi connectivity index (χ4n) is 5.71. The summed E-state index contributed by atoms with van der Waals surface area (Å²) >= 11 is 0. The van der Waals surface area contributed by atoms with E-state index >= 15 is 0 Å². The summed E-state index contributed by atoms with van der Waals surface area (Å²) in [6, 6.07) is 34.2. The van der Waals surface area contributed by atoms with E-state index in [2.05, 4.69) is 34.7 Å². The minimum atomic E-state index is -0.808. The van der Waals surface area contributed by atoms with Crippen molar-refractivity contribution in [3.63, 3.8) is 0 Å². The molecule has 1 fully saturated rings. The van der Waals surface area contributed by atoms with E-state index in [0.29, 0.717) is 12.8 Å². The number of hydrogen-bond acceptors (Lipinski definition) is 7. The van der Waals surface area contributed by atoms with E-state index in [1.165, 1.54) is 12.7 Å². The average molecular weight is 638 g/mol. The summed E-state index contributed by atoms with van der Waals surface area (Å²) in [5.74, 6) is -0.506. The highest BCUT2D eigenvalue weighted by molar-refractivity contribution is 5.83. The molecule has 4 aromatic carbocycles. The van der Waals surface area contributed by atoms with E-state index < -0.39 is 24.3 Å². The lowest BCUT2D eigenvalue weighted by molar-refractivity contribution is -0.252. The minimum absolute atomic E-state index is 0.00708. The largest absolute Gasteiger partial charge is 0.467 e. The highest BCUT2D eigenvalue weighted by atomic mass is 16.7. The molecule has 5 rings (SSSR count). The number of urea groups is 1. The van der Waals surface area contributed by atoms with Crippen molar-refractivity contribution in [2.24, 2.45) is 0 Å². The number of amides is 2. The maximum Gasteiger partial charge on any atom is 0.328 e. The monoisotopic (exact) mass is 637 g/mol. The molecule has 0 saturated carbocycles. The van der Waals surface area contributed by atoms with Gasteiger partial charge in [0.1, 0.15) is 6.04 Å². The lowest BCUT2D eigenvalue weighted by Crippen LogP contribution is -2.47. The van der Waals surface area contributed by atoms with Crippen molar-refractivity contribution in [2.45, 2.75) is 57.1 Å². The van der Waals surface area contributed by atoms with Crippen molar-refractivity contribution >= 4 is 12.0 Å². The van der Waals surface area contributed by atoms with Crippen LogP contribution in [0.25, 0.3) is 0 Å². The summed E-state index contributed by atoms with van der Waals surface area (Å²) in [7, 11) is 3.40. The van der Waals surface area contributed by atoms with E-state index in [0.717, 1.165) is 40.9 Å². The van der Waals surface area contributed by atoms with Gasteiger partial charge in [0.05, 0.1) is 25.9 Å². The Kier molecular flexibility index (Phi) is 12.1. The van der Waals surface area contributed by atoms with Gasteiger partial charge in [-0.2, -0.15) is 0 Å². The second-order valence-electron chi connectivity index (χ2n) is 11.9.